The molecule has 0 bridgehead atoms. The third kappa shape index (κ3) is 2.80. The summed E-state index contributed by atoms with van der Waals surface area (Å²) in [5.74, 6) is 0.0886. The smallest absolute Gasteiger partial charge is 0.251 e. The fourth-order valence-corrected chi connectivity index (χ4v) is 4.18. The first-order valence-electron chi connectivity index (χ1n) is 7.48. The van der Waals surface area contributed by atoms with E-state index in [2.05, 4.69) is 16.9 Å². The molecule has 1 amide bonds. The molecule has 0 radical (unpaired) electrons. The van der Waals surface area contributed by atoms with Crippen LogP contribution in [0.25, 0.3) is 0 Å². The highest BCUT2D eigenvalue weighted by Crippen LogP contribution is 2.28. The predicted octanol–water partition coefficient (Wildman–Crippen LogP) is 3.06. The van der Waals surface area contributed by atoms with Gasteiger partial charge in [-0.2, -0.15) is 11.8 Å². The molecule has 1 aliphatic carbocycles. The van der Waals surface area contributed by atoms with Gasteiger partial charge in [0.15, 0.2) is 0 Å². The molecule has 0 aromatic heterocycles. The molecule has 2 atom stereocenters. The van der Waals surface area contributed by atoms with Crippen molar-refractivity contribution in [2.75, 3.05) is 18.1 Å². The summed E-state index contributed by atoms with van der Waals surface area (Å²) in [6.07, 6.45) is 8.03. The number of benzene rings is 1. The van der Waals surface area contributed by atoms with Gasteiger partial charge in [0.25, 0.3) is 5.91 Å². The number of hydrogen-bond acceptors (Lipinski definition) is 3. The van der Waals surface area contributed by atoms with Gasteiger partial charge in [0.05, 0.1) is 0 Å². The average molecular weight is 290 g/mol. The maximum absolute atomic E-state index is 12.4. The SMILES string of the molecule is CSC1CCCCC1NC(=O)c1ccc2c(c1)CCN2. The number of rotatable bonds is 3. The highest BCUT2D eigenvalue weighted by Gasteiger charge is 2.26. The molecule has 1 aromatic rings. The van der Waals surface area contributed by atoms with Crippen LogP contribution in [0.5, 0.6) is 0 Å². The molecule has 1 heterocycles. The van der Waals surface area contributed by atoms with Crippen molar-refractivity contribution in [3.05, 3.63) is 29.3 Å². The minimum Gasteiger partial charge on any atom is -0.384 e. The van der Waals surface area contributed by atoms with Gasteiger partial charge in [-0.15, -0.1) is 0 Å². The molecule has 2 aliphatic rings. The van der Waals surface area contributed by atoms with Crippen molar-refractivity contribution in [3.63, 3.8) is 0 Å². The molecule has 3 rings (SSSR count). The Bertz CT molecular complexity index is 503. The summed E-state index contributed by atoms with van der Waals surface area (Å²) in [5.41, 5.74) is 3.25. The molecule has 1 aromatic carbocycles. The molecule has 3 nitrogen and oxygen atoms in total. The Hall–Kier alpha value is -1.16. The number of thioether (sulfide) groups is 1. The van der Waals surface area contributed by atoms with Crippen LogP contribution >= 0.6 is 11.8 Å². The minimum atomic E-state index is 0.0886. The quantitative estimate of drug-likeness (QED) is 0.899. The molecular formula is C16H22N2OS. The van der Waals surface area contributed by atoms with Gasteiger partial charge in [-0.3, -0.25) is 4.79 Å². The zero-order chi connectivity index (χ0) is 13.9. The first-order valence-corrected chi connectivity index (χ1v) is 8.77. The molecule has 2 unspecified atom stereocenters. The fourth-order valence-electron chi connectivity index (χ4n) is 3.24. The second kappa shape index (κ2) is 6.08. The number of fused-ring (bicyclic) bond motifs is 1. The topological polar surface area (TPSA) is 41.1 Å². The summed E-state index contributed by atoms with van der Waals surface area (Å²) in [7, 11) is 0. The molecule has 0 saturated heterocycles. The summed E-state index contributed by atoms with van der Waals surface area (Å²) in [6.45, 7) is 0.984. The Morgan fingerprint density at radius 2 is 2.20 bits per heavy atom. The van der Waals surface area contributed by atoms with Crippen molar-refractivity contribution in [2.45, 2.75) is 43.4 Å². The number of anilines is 1. The Labute approximate surface area is 124 Å². The second-order valence-corrected chi connectivity index (χ2v) is 6.76. The third-order valence-corrected chi connectivity index (χ3v) is 5.57. The van der Waals surface area contributed by atoms with Gasteiger partial charge >= 0.3 is 0 Å². The normalized spacial score (nSPS) is 24.9. The summed E-state index contributed by atoms with van der Waals surface area (Å²) >= 11 is 1.89. The number of carbonyl (C=O) groups is 1. The molecule has 108 valence electrons. The van der Waals surface area contributed by atoms with Gasteiger partial charge in [-0.25, -0.2) is 0 Å². The molecule has 4 heteroatoms. The average Bonchev–Trinajstić information content (AvgIpc) is 2.95. The zero-order valence-electron chi connectivity index (χ0n) is 11.9. The van der Waals surface area contributed by atoms with E-state index in [-0.39, 0.29) is 5.91 Å². The first kappa shape index (κ1) is 13.8. The van der Waals surface area contributed by atoms with Crippen LogP contribution in [0.15, 0.2) is 18.2 Å². The minimum absolute atomic E-state index is 0.0886. The van der Waals surface area contributed by atoms with Crippen molar-refractivity contribution in [1.82, 2.24) is 5.32 Å². The van der Waals surface area contributed by atoms with Crippen LogP contribution in [0.1, 0.15) is 41.6 Å². The second-order valence-electron chi connectivity index (χ2n) is 5.69. The first-order chi connectivity index (χ1) is 9.78. The van der Waals surface area contributed by atoms with Crippen LogP contribution in [0.2, 0.25) is 0 Å². The van der Waals surface area contributed by atoms with Crippen LogP contribution in [0.3, 0.4) is 0 Å². The van der Waals surface area contributed by atoms with Gasteiger partial charge in [-0.05, 0) is 49.3 Å². The van der Waals surface area contributed by atoms with Crippen molar-refractivity contribution in [1.29, 1.82) is 0 Å². The van der Waals surface area contributed by atoms with Crippen LogP contribution in [-0.4, -0.2) is 30.0 Å². The fraction of sp³-hybridized carbons (Fsp3) is 0.562. The van der Waals surface area contributed by atoms with E-state index in [0.717, 1.165) is 24.9 Å². The maximum atomic E-state index is 12.4. The van der Waals surface area contributed by atoms with Crippen molar-refractivity contribution >= 4 is 23.4 Å². The van der Waals surface area contributed by atoms with E-state index in [0.29, 0.717) is 11.3 Å². The Morgan fingerprint density at radius 3 is 3.05 bits per heavy atom. The van der Waals surface area contributed by atoms with Gasteiger partial charge in [0.1, 0.15) is 0 Å². The Balaban J connectivity index is 1.69. The van der Waals surface area contributed by atoms with Crippen molar-refractivity contribution in [2.24, 2.45) is 0 Å². The molecule has 2 N–H and O–H groups in total. The van der Waals surface area contributed by atoms with E-state index in [9.17, 15) is 4.79 Å². The van der Waals surface area contributed by atoms with Crippen molar-refractivity contribution in [3.8, 4) is 0 Å². The summed E-state index contributed by atoms with van der Waals surface area (Å²) in [4.78, 5) is 12.4. The maximum Gasteiger partial charge on any atom is 0.251 e. The van der Waals surface area contributed by atoms with E-state index in [1.54, 1.807) is 0 Å². The summed E-state index contributed by atoms with van der Waals surface area (Å²) in [6, 6.07) is 6.34. The lowest BCUT2D eigenvalue weighted by Gasteiger charge is -2.31. The number of carbonyl (C=O) groups excluding carboxylic acids is 1. The Morgan fingerprint density at radius 1 is 1.35 bits per heavy atom. The molecule has 0 spiro atoms. The molecular weight excluding hydrogens is 268 g/mol. The van der Waals surface area contributed by atoms with Crippen LogP contribution in [0.4, 0.5) is 5.69 Å². The lowest BCUT2D eigenvalue weighted by atomic mass is 9.94. The number of hydrogen-bond donors (Lipinski definition) is 2. The number of nitrogens with one attached hydrogen (secondary N) is 2. The highest BCUT2D eigenvalue weighted by atomic mass is 32.2. The molecule has 1 aliphatic heterocycles. The largest absolute Gasteiger partial charge is 0.384 e. The van der Waals surface area contributed by atoms with E-state index in [4.69, 9.17) is 0 Å². The molecule has 1 fully saturated rings. The lowest BCUT2D eigenvalue weighted by molar-refractivity contribution is 0.0929. The van der Waals surface area contributed by atoms with Gasteiger partial charge in [-0.1, -0.05) is 12.8 Å². The monoisotopic (exact) mass is 290 g/mol. The molecule has 1 saturated carbocycles. The van der Waals surface area contributed by atoms with Crippen LogP contribution < -0.4 is 10.6 Å². The van der Waals surface area contributed by atoms with E-state index >= 15 is 0 Å². The Kier molecular flexibility index (Phi) is 4.20. The van der Waals surface area contributed by atoms with Crippen LogP contribution in [-0.2, 0) is 6.42 Å². The zero-order valence-corrected chi connectivity index (χ0v) is 12.8. The summed E-state index contributed by atoms with van der Waals surface area (Å²) in [5, 5.41) is 7.15. The molecule has 20 heavy (non-hydrogen) atoms. The van der Waals surface area contributed by atoms with Crippen LogP contribution in [0, 0.1) is 0 Å². The standard InChI is InChI=1S/C16H22N2OS/c1-20-15-5-3-2-4-14(15)18-16(19)12-6-7-13-11(10-12)8-9-17-13/h6-7,10,14-15,17H,2-5,8-9H2,1H3,(H,18,19). The van der Waals surface area contributed by atoms with E-state index < -0.39 is 0 Å². The number of amides is 1. The van der Waals surface area contributed by atoms with Gasteiger partial charge in [0, 0.05) is 29.1 Å². The van der Waals surface area contributed by atoms with Gasteiger partial charge in [0.2, 0.25) is 0 Å². The summed E-state index contributed by atoms with van der Waals surface area (Å²) < 4.78 is 0. The lowest BCUT2D eigenvalue weighted by Crippen LogP contribution is -2.43. The van der Waals surface area contributed by atoms with E-state index in [1.165, 1.54) is 30.5 Å². The van der Waals surface area contributed by atoms with Crippen molar-refractivity contribution < 1.29 is 4.79 Å². The predicted molar refractivity (Wildman–Crippen MR) is 85.7 cm³/mol. The van der Waals surface area contributed by atoms with Gasteiger partial charge < -0.3 is 10.6 Å². The van der Waals surface area contributed by atoms with E-state index in [1.807, 2.05) is 30.0 Å². The third-order valence-electron chi connectivity index (χ3n) is 4.40. The highest BCUT2D eigenvalue weighted by molar-refractivity contribution is 7.99.